The van der Waals surface area contributed by atoms with Crippen LogP contribution in [0.15, 0.2) is 27.4 Å². The predicted molar refractivity (Wildman–Crippen MR) is 91.8 cm³/mol. The minimum Gasteiger partial charge on any atom is -0.548 e. The second kappa shape index (κ2) is 7.19. The number of aliphatic carboxylic acids is 1. The van der Waals surface area contributed by atoms with Crippen LogP contribution in [0.2, 0.25) is 0 Å². The van der Waals surface area contributed by atoms with Gasteiger partial charge in [0, 0.05) is 18.0 Å². The number of rotatable bonds is 4. The Morgan fingerprint density at radius 2 is 2.12 bits per heavy atom. The zero-order chi connectivity index (χ0) is 18.8. The van der Waals surface area contributed by atoms with Crippen LogP contribution in [-0.4, -0.2) is 36.5 Å². The van der Waals surface area contributed by atoms with Crippen molar-refractivity contribution >= 4 is 22.8 Å². The fraction of sp³-hybridized carbons (Fsp3) is 0.421. The van der Waals surface area contributed by atoms with E-state index in [0.717, 1.165) is 12.8 Å². The zero-order valence-corrected chi connectivity index (χ0v) is 14.7. The van der Waals surface area contributed by atoms with Crippen molar-refractivity contribution in [3.05, 3.63) is 39.7 Å². The summed E-state index contributed by atoms with van der Waals surface area (Å²) in [6, 6.07) is 4.20. The van der Waals surface area contributed by atoms with Crippen molar-refractivity contribution in [2.75, 3.05) is 13.7 Å². The van der Waals surface area contributed by atoms with Gasteiger partial charge in [-0.15, -0.1) is 0 Å². The van der Waals surface area contributed by atoms with E-state index in [4.69, 9.17) is 9.15 Å². The number of piperidine rings is 1. The van der Waals surface area contributed by atoms with Gasteiger partial charge in [-0.3, -0.25) is 4.79 Å². The molecule has 0 N–H and O–H groups in total. The molecule has 0 unspecified atom stereocenters. The molecule has 1 amide bonds. The van der Waals surface area contributed by atoms with Gasteiger partial charge in [0.25, 0.3) is 0 Å². The van der Waals surface area contributed by atoms with Crippen molar-refractivity contribution in [3.63, 3.8) is 0 Å². The fourth-order valence-corrected chi connectivity index (χ4v) is 3.43. The SMILES string of the molecule is COc1ccc2c(C)c(CC(=O)N3CCCC[C@@H]3C(=O)[O-])c(=O)oc2c1. The number of fused-ring (bicyclic) bond motifs is 1. The average Bonchev–Trinajstić information content (AvgIpc) is 2.64. The van der Waals surface area contributed by atoms with E-state index >= 15 is 0 Å². The standard InChI is InChI=1S/C19H21NO6/c1-11-13-7-6-12(25-2)9-16(13)26-19(24)14(11)10-17(21)20-8-4-3-5-15(20)18(22)23/h6-7,9,15H,3-5,8,10H2,1-2H3,(H,22,23)/p-1/t15-/m1/s1. The number of carbonyl (C=O) groups is 2. The van der Waals surface area contributed by atoms with E-state index in [1.165, 1.54) is 12.0 Å². The van der Waals surface area contributed by atoms with E-state index in [1.54, 1.807) is 25.1 Å². The molecule has 3 rings (SSSR count). The first-order chi connectivity index (χ1) is 12.4. The van der Waals surface area contributed by atoms with Crippen LogP contribution in [-0.2, 0) is 16.0 Å². The Bertz CT molecular complexity index is 916. The molecule has 7 nitrogen and oxygen atoms in total. The molecule has 138 valence electrons. The Kier molecular flexibility index (Phi) is 4.97. The number of nitrogens with zero attached hydrogens (tertiary/aromatic N) is 1. The molecule has 2 heterocycles. The number of ether oxygens (including phenoxy) is 1. The molecule has 1 aromatic heterocycles. The highest BCUT2D eigenvalue weighted by Gasteiger charge is 2.28. The molecule has 0 saturated carbocycles. The molecule has 1 atom stereocenters. The summed E-state index contributed by atoms with van der Waals surface area (Å²) < 4.78 is 10.5. The van der Waals surface area contributed by atoms with Crippen molar-refractivity contribution in [2.24, 2.45) is 0 Å². The minimum atomic E-state index is -1.26. The van der Waals surface area contributed by atoms with Crippen LogP contribution < -0.4 is 15.5 Å². The Hall–Kier alpha value is -2.83. The van der Waals surface area contributed by atoms with Crippen molar-refractivity contribution in [1.29, 1.82) is 0 Å². The van der Waals surface area contributed by atoms with E-state index in [0.29, 0.717) is 35.2 Å². The minimum absolute atomic E-state index is 0.195. The molecule has 0 radical (unpaired) electrons. The third-order valence-electron chi connectivity index (χ3n) is 4.92. The van der Waals surface area contributed by atoms with Gasteiger partial charge in [-0.25, -0.2) is 4.79 Å². The summed E-state index contributed by atoms with van der Waals surface area (Å²) in [6.45, 7) is 2.10. The molecule has 0 bridgehead atoms. The Morgan fingerprint density at radius 3 is 2.81 bits per heavy atom. The molecular weight excluding hydrogens is 338 g/mol. The number of carbonyl (C=O) groups excluding carboxylic acids is 2. The number of hydrogen-bond donors (Lipinski definition) is 0. The first kappa shape index (κ1) is 18.0. The Balaban J connectivity index is 1.94. The number of benzene rings is 1. The number of hydrogen-bond acceptors (Lipinski definition) is 6. The molecule has 26 heavy (non-hydrogen) atoms. The lowest BCUT2D eigenvalue weighted by Gasteiger charge is -2.36. The van der Waals surface area contributed by atoms with Gasteiger partial charge in [-0.2, -0.15) is 0 Å². The van der Waals surface area contributed by atoms with Gasteiger partial charge in [-0.05, 0) is 43.9 Å². The topological polar surface area (TPSA) is 99.9 Å². The highest BCUT2D eigenvalue weighted by molar-refractivity contribution is 5.87. The summed E-state index contributed by atoms with van der Waals surface area (Å²) in [7, 11) is 1.52. The summed E-state index contributed by atoms with van der Waals surface area (Å²) in [5, 5.41) is 12.0. The van der Waals surface area contributed by atoms with Gasteiger partial charge in [0.15, 0.2) is 0 Å². The van der Waals surface area contributed by atoms with Gasteiger partial charge in [-0.1, -0.05) is 0 Å². The van der Waals surface area contributed by atoms with E-state index < -0.39 is 23.5 Å². The van der Waals surface area contributed by atoms with E-state index in [2.05, 4.69) is 0 Å². The maximum Gasteiger partial charge on any atom is 0.340 e. The highest BCUT2D eigenvalue weighted by atomic mass is 16.5. The number of likely N-dealkylation sites (tertiary alicyclic amines) is 1. The number of aryl methyl sites for hydroxylation is 1. The van der Waals surface area contributed by atoms with Crippen LogP contribution in [0.3, 0.4) is 0 Å². The van der Waals surface area contributed by atoms with Crippen LogP contribution in [0.1, 0.15) is 30.4 Å². The Labute approximate surface area is 150 Å². The smallest absolute Gasteiger partial charge is 0.340 e. The van der Waals surface area contributed by atoms with Crippen LogP contribution in [0, 0.1) is 6.92 Å². The lowest BCUT2D eigenvalue weighted by Crippen LogP contribution is -2.53. The van der Waals surface area contributed by atoms with Crippen LogP contribution in [0.4, 0.5) is 0 Å². The lowest BCUT2D eigenvalue weighted by atomic mass is 9.99. The third-order valence-corrected chi connectivity index (χ3v) is 4.92. The second-order valence-corrected chi connectivity index (χ2v) is 6.45. The molecule has 1 saturated heterocycles. The summed E-state index contributed by atoms with van der Waals surface area (Å²) in [4.78, 5) is 37.6. The van der Waals surface area contributed by atoms with Gasteiger partial charge in [0.1, 0.15) is 11.3 Å². The monoisotopic (exact) mass is 358 g/mol. The number of methoxy groups -OCH3 is 1. The first-order valence-electron chi connectivity index (χ1n) is 8.53. The average molecular weight is 358 g/mol. The first-order valence-corrected chi connectivity index (χ1v) is 8.53. The van der Waals surface area contributed by atoms with Crippen molar-refractivity contribution in [1.82, 2.24) is 4.90 Å². The lowest BCUT2D eigenvalue weighted by molar-refractivity contribution is -0.312. The molecule has 0 aliphatic carbocycles. The molecule has 1 aliphatic heterocycles. The van der Waals surface area contributed by atoms with Crippen molar-refractivity contribution in [2.45, 2.75) is 38.6 Å². The number of amides is 1. The Morgan fingerprint density at radius 1 is 1.35 bits per heavy atom. The zero-order valence-electron chi connectivity index (χ0n) is 14.7. The summed E-state index contributed by atoms with van der Waals surface area (Å²) in [5.41, 5.74) is 0.678. The summed E-state index contributed by atoms with van der Waals surface area (Å²) in [5.74, 6) is -1.09. The van der Waals surface area contributed by atoms with Crippen LogP contribution >= 0.6 is 0 Å². The molecule has 1 fully saturated rings. The molecular formula is C19H20NO6-. The second-order valence-electron chi connectivity index (χ2n) is 6.45. The molecule has 0 spiro atoms. The van der Waals surface area contributed by atoms with Gasteiger partial charge in [0.2, 0.25) is 5.91 Å². The maximum absolute atomic E-state index is 12.7. The van der Waals surface area contributed by atoms with E-state index in [9.17, 15) is 19.5 Å². The molecule has 1 aromatic carbocycles. The van der Waals surface area contributed by atoms with E-state index in [1.807, 2.05) is 0 Å². The van der Waals surface area contributed by atoms with Gasteiger partial charge in [0.05, 0.1) is 31.1 Å². The predicted octanol–water partition coefficient (Wildman–Crippen LogP) is 0.784. The van der Waals surface area contributed by atoms with E-state index in [-0.39, 0.29) is 12.0 Å². The summed E-state index contributed by atoms with van der Waals surface area (Å²) >= 11 is 0. The fourth-order valence-electron chi connectivity index (χ4n) is 3.43. The van der Waals surface area contributed by atoms with Crippen molar-refractivity contribution in [3.8, 4) is 5.75 Å². The molecule has 7 heteroatoms. The third kappa shape index (κ3) is 3.29. The van der Waals surface area contributed by atoms with Gasteiger partial charge >= 0.3 is 5.63 Å². The number of carboxylic acids is 1. The summed E-state index contributed by atoms with van der Waals surface area (Å²) in [6.07, 6.45) is 1.65. The maximum atomic E-state index is 12.7. The largest absolute Gasteiger partial charge is 0.548 e. The molecule has 1 aliphatic rings. The quantitative estimate of drug-likeness (QED) is 0.749. The van der Waals surface area contributed by atoms with Crippen molar-refractivity contribution < 1.29 is 23.8 Å². The van der Waals surface area contributed by atoms with Crippen LogP contribution in [0.5, 0.6) is 5.75 Å². The number of carboxylic acid groups (broad SMARTS) is 1. The van der Waals surface area contributed by atoms with Crippen LogP contribution in [0.25, 0.3) is 11.0 Å². The normalized spacial score (nSPS) is 17.3. The molecule has 2 aromatic rings. The van der Waals surface area contributed by atoms with Gasteiger partial charge < -0.3 is 24.0 Å². The highest BCUT2D eigenvalue weighted by Crippen LogP contribution is 2.25.